The summed E-state index contributed by atoms with van der Waals surface area (Å²) in [5, 5.41) is 10.1. The molecule has 0 fully saturated rings. The maximum atomic E-state index is 11.9. The van der Waals surface area contributed by atoms with Crippen molar-refractivity contribution < 1.29 is 8.42 Å². The Labute approximate surface area is 110 Å². The zero-order valence-corrected chi connectivity index (χ0v) is 11.0. The van der Waals surface area contributed by atoms with Gasteiger partial charge in [-0.15, -0.1) is 5.10 Å². The second-order valence-corrected chi connectivity index (χ2v) is 5.32. The van der Waals surface area contributed by atoms with Crippen molar-refractivity contribution in [3.05, 3.63) is 24.8 Å². The van der Waals surface area contributed by atoms with Crippen LogP contribution in [0.3, 0.4) is 0 Å². The van der Waals surface area contributed by atoms with Crippen LogP contribution in [-0.2, 0) is 16.6 Å². The van der Waals surface area contributed by atoms with Crippen molar-refractivity contribution in [2.45, 2.75) is 11.4 Å². The van der Waals surface area contributed by atoms with E-state index in [0.717, 1.165) is 0 Å². The number of sulfonamides is 1. The number of aromatic nitrogens is 5. The predicted molar refractivity (Wildman–Crippen MR) is 66.8 cm³/mol. The molecule has 0 unspecified atom stereocenters. The summed E-state index contributed by atoms with van der Waals surface area (Å²) in [7, 11) is -1.95. The van der Waals surface area contributed by atoms with Gasteiger partial charge >= 0.3 is 0 Å². The molecule has 19 heavy (non-hydrogen) atoms. The van der Waals surface area contributed by atoms with Crippen LogP contribution >= 0.6 is 0 Å². The van der Waals surface area contributed by atoms with Crippen LogP contribution in [-0.4, -0.2) is 47.0 Å². The monoisotopic (exact) mass is 283 g/mol. The van der Waals surface area contributed by atoms with Gasteiger partial charge in [0, 0.05) is 19.8 Å². The van der Waals surface area contributed by atoms with Gasteiger partial charge in [0.05, 0.1) is 25.1 Å². The van der Waals surface area contributed by atoms with Crippen molar-refractivity contribution in [3.8, 4) is 0 Å². The minimum Gasteiger partial charge on any atom is -0.357 e. The summed E-state index contributed by atoms with van der Waals surface area (Å²) >= 11 is 0. The first kappa shape index (κ1) is 13.4. The Hall–Kier alpha value is -2.07. The van der Waals surface area contributed by atoms with Crippen LogP contribution in [0.2, 0.25) is 0 Å². The number of rotatable bonds is 6. The normalized spacial score (nSPS) is 11.4. The summed E-state index contributed by atoms with van der Waals surface area (Å²) in [6, 6.07) is 0. The molecule has 0 aliphatic rings. The third-order valence-corrected chi connectivity index (χ3v) is 3.68. The molecule has 0 spiro atoms. The average Bonchev–Trinajstić information content (AvgIpc) is 2.92. The van der Waals surface area contributed by atoms with Gasteiger partial charge in [0.25, 0.3) is 0 Å². The Balaban J connectivity index is 1.97. The molecule has 0 aliphatic carbocycles. The first-order chi connectivity index (χ1) is 9.12. The molecule has 0 saturated carbocycles. The fourth-order valence-corrected chi connectivity index (χ4v) is 2.22. The zero-order chi connectivity index (χ0) is 13.7. The largest absolute Gasteiger partial charge is 0.357 e. The first-order valence-electron chi connectivity index (χ1n) is 5.45. The van der Waals surface area contributed by atoms with Crippen LogP contribution in [0.15, 0.2) is 29.7 Å². The van der Waals surface area contributed by atoms with E-state index in [1.165, 1.54) is 23.3 Å². The second-order valence-electron chi connectivity index (χ2n) is 3.56. The second kappa shape index (κ2) is 5.71. The highest BCUT2D eigenvalue weighted by atomic mass is 32.2. The lowest BCUT2D eigenvalue weighted by atomic mass is 10.6. The van der Waals surface area contributed by atoms with Crippen molar-refractivity contribution in [1.82, 2.24) is 29.7 Å². The van der Waals surface area contributed by atoms with E-state index in [9.17, 15) is 8.42 Å². The minimum absolute atomic E-state index is 0.0186. The van der Waals surface area contributed by atoms with E-state index in [2.05, 4.69) is 30.3 Å². The molecule has 102 valence electrons. The van der Waals surface area contributed by atoms with Crippen molar-refractivity contribution in [2.75, 3.05) is 18.9 Å². The molecular weight excluding hydrogens is 270 g/mol. The third-order valence-electron chi connectivity index (χ3n) is 2.27. The van der Waals surface area contributed by atoms with Gasteiger partial charge in [-0.2, -0.15) is 0 Å². The summed E-state index contributed by atoms with van der Waals surface area (Å²) in [5.74, 6) is 0.363. The smallest absolute Gasteiger partial charge is 0.243 e. The fraction of sp³-hybridized carbons (Fsp3) is 0.333. The molecule has 0 aliphatic heterocycles. The third kappa shape index (κ3) is 3.45. The zero-order valence-electron chi connectivity index (χ0n) is 10.2. The molecule has 0 saturated heterocycles. The number of nitrogens with one attached hydrogen (secondary N) is 2. The molecule has 2 aromatic rings. The summed E-state index contributed by atoms with van der Waals surface area (Å²) in [4.78, 5) is 7.72. The molecule has 0 atom stereocenters. The topological polar surface area (TPSA) is 115 Å². The summed E-state index contributed by atoms with van der Waals surface area (Å²) in [6.07, 6.45) is 5.67. The quantitative estimate of drug-likeness (QED) is 0.705. The van der Waals surface area contributed by atoms with E-state index >= 15 is 0 Å². The Bertz CT molecular complexity index is 609. The Kier molecular flexibility index (Phi) is 4.02. The van der Waals surface area contributed by atoms with Crippen LogP contribution in [0.25, 0.3) is 0 Å². The lowest BCUT2D eigenvalue weighted by molar-refractivity contribution is 0.552. The van der Waals surface area contributed by atoms with Crippen molar-refractivity contribution in [1.29, 1.82) is 0 Å². The van der Waals surface area contributed by atoms with Gasteiger partial charge < -0.3 is 5.32 Å². The highest BCUT2D eigenvalue weighted by molar-refractivity contribution is 7.89. The molecule has 0 radical (unpaired) electrons. The molecule has 2 rings (SSSR count). The highest BCUT2D eigenvalue weighted by Gasteiger charge is 2.14. The molecule has 2 heterocycles. The van der Waals surface area contributed by atoms with E-state index in [0.29, 0.717) is 12.5 Å². The van der Waals surface area contributed by atoms with Gasteiger partial charge in [-0.05, 0) is 0 Å². The molecule has 9 nitrogen and oxygen atoms in total. The van der Waals surface area contributed by atoms with Crippen LogP contribution < -0.4 is 10.0 Å². The van der Waals surface area contributed by atoms with E-state index in [1.807, 2.05) is 0 Å². The number of nitrogens with zero attached hydrogens (tertiary/aromatic N) is 5. The van der Waals surface area contributed by atoms with E-state index < -0.39 is 10.0 Å². The maximum Gasteiger partial charge on any atom is 0.243 e. The predicted octanol–water partition coefficient (Wildman–Crippen LogP) is -0.912. The van der Waals surface area contributed by atoms with Crippen LogP contribution in [0.4, 0.5) is 5.95 Å². The SMILES string of the molecule is CNc1ncc(S(=O)(=O)NCCn2ccnn2)cn1. The molecule has 0 amide bonds. The summed E-state index contributed by atoms with van der Waals surface area (Å²) < 4.78 is 27.8. The Morgan fingerprint density at radius 1 is 1.32 bits per heavy atom. The lowest BCUT2D eigenvalue weighted by Gasteiger charge is -2.06. The van der Waals surface area contributed by atoms with Crippen molar-refractivity contribution in [2.24, 2.45) is 0 Å². The van der Waals surface area contributed by atoms with Crippen molar-refractivity contribution >= 4 is 16.0 Å². The molecule has 10 heteroatoms. The minimum atomic E-state index is -3.60. The fourth-order valence-electron chi connectivity index (χ4n) is 1.31. The molecule has 2 aromatic heterocycles. The molecular formula is C9H13N7O2S. The van der Waals surface area contributed by atoms with Crippen LogP contribution in [0, 0.1) is 0 Å². The number of anilines is 1. The summed E-state index contributed by atoms with van der Waals surface area (Å²) in [6.45, 7) is 0.605. The standard InChI is InChI=1S/C9H13N7O2S/c1-10-9-11-6-8(7-12-9)19(17,18)14-3-5-16-4-2-13-15-16/h2,4,6-7,14H,3,5H2,1H3,(H,10,11,12). The Morgan fingerprint density at radius 2 is 2.05 bits per heavy atom. The van der Waals surface area contributed by atoms with E-state index in [-0.39, 0.29) is 11.4 Å². The number of hydrogen-bond donors (Lipinski definition) is 2. The highest BCUT2D eigenvalue weighted by Crippen LogP contribution is 2.06. The van der Waals surface area contributed by atoms with E-state index in [1.54, 1.807) is 13.2 Å². The van der Waals surface area contributed by atoms with Gasteiger partial charge in [-0.25, -0.2) is 23.1 Å². The van der Waals surface area contributed by atoms with Crippen LogP contribution in [0.5, 0.6) is 0 Å². The van der Waals surface area contributed by atoms with Gasteiger partial charge in [-0.3, -0.25) is 4.68 Å². The van der Waals surface area contributed by atoms with Crippen molar-refractivity contribution in [3.63, 3.8) is 0 Å². The first-order valence-corrected chi connectivity index (χ1v) is 6.94. The summed E-state index contributed by atoms with van der Waals surface area (Å²) in [5.41, 5.74) is 0. The van der Waals surface area contributed by atoms with Gasteiger partial charge in [0.15, 0.2) is 0 Å². The molecule has 2 N–H and O–H groups in total. The van der Waals surface area contributed by atoms with Gasteiger partial charge in [0.2, 0.25) is 16.0 Å². The Morgan fingerprint density at radius 3 is 2.63 bits per heavy atom. The van der Waals surface area contributed by atoms with Crippen LogP contribution in [0.1, 0.15) is 0 Å². The van der Waals surface area contributed by atoms with Gasteiger partial charge in [-0.1, -0.05) is 5.21 Å². The molecule has 0 aromatic carbocycles. The van der Waals surface area contributed by atoms with Gasteiger partial charge in [0.1, 0.15) is 4.90 Å². The molecule has 0 bridgehead atoms. The average molecular weight is 283 g/mol. The maximum absolute atomic E-state index is 11.9. The number of hydrogen-bond acceptors (Lipinski definition) is 7. The van der Waals surface area contributed by atoms with E-state index in [4.69, 9.17) is 0 Å². The lowest BCUT2D eigenvalue weighted by Crippen LogP contribution is -2.27.